The topological polar surface area (TPSA) is 123 Å². The maximum atomic E-state index is 12.6. The minimum Gasteiger partial charge on any atom is -0.461 e. The third-order valence-corrected chi connectivity index (χ3v) is 5.93. The third kappa shape index (κ3) is 5.78. The first-order valence-electron chi connectivity index (χ1n) is 9.03. The molecule has 4 aromatic rings. The lowest BCUT2D eigenvalue weighted by atomic mass is 10.2. The van der Waals surface area contributed by atoms with E-state index in [2.05, 4.69) is 26.0 Å². The van der Waals surface area contributed by atoms with Crippen LogP contribution < -0.4 is 10.6 Å². The van der Waals surface area contributed by atoms with Crippen LogP contribution in [-0.2, 0) is 11.0 Å². The van der Waals surface area contributed by atoms with Crippen LogP contribution in [0.1, 0.15) is 16.1 Å². The second-order valence-corrected chi connectivity index (χ2v) is 8.49. The number of hydrogen-bond donors (Lipinski definition) is 2. The molecule has 0 unspecified atom stereocenters. The Morgan fingerprint density at radius 2 is 1.85 bits per heavy atom. The summed E-state index contributed by atoms with van der Waals surface area (Å²) in [6.45, 7) is 0. The Morgan fingerprint density at radius 3 is 2.55 bits per heavy atom. The van der Waals surface area contributed by atoms with Gasteiger partial charge in [0.05, 0.1) is 17.6 Å². The van der Waals surface area contributed by atoms with Crippen molar-refractivity contribution in [3.8, 4) is 11.5 Å². The Balaban J connectivity index is 1.27. The SMILES string of the molecule is O=C(CSc1nnc(NC(=O)c2cc(-c3ccco3)on2)s1)Nc1ccc(C(F)(F)F)cc1. The van der Waals surface area contributed by atoms with Crippen LogP contribution in [-0.4, -0.2) is 32.9 Å². The van der Waals surface area contributed by atoms with Gasteiger partial charge in [0.2, 0.25) is 16.8 Å². The molecule has 14 heteroatoms. The molecule has 4 rings (SSSR count). The number of aromatic nitrogens is 3. The van der Waals surface area contributed by atoms with E-state index in [-0.39, 0.29) is 28.0 Å². The Morgan fingerprint density at radius 1 is 1.06 bits per heavy atom. The fraction of sp³-hybridized carbons (Fsp3) is 0.105. The molecular formula is C19H12F3N5O4S2. The summed E-state index contributed by atoms with van der Waals surface area (Å²) in [5.74, 6) is -0.347. The van der Waals surface area contributed by atoms with E-state index in [1.807, 2.05) is 0 Å². The summed E-state index contributed by atoms with van der Waals surface area (Å²) >= 11 is 2.10. The van der Waals surface area contributed by atoms with Crippen molar-refractivity contribution < 1.29 is 31.7 Å². The molecule has 2 amide bonds. The summed E-state index contributed by atoms with van der Waals surface area (Å²) in [7, 11) is 0. The van der Waals surface area contributed by atoms with Crippen molar-refractivity contribution in [1.29, 1.82) is 0 Å². The zero-order valence-corrected chi connectivity index (χ0v) is 17.9. The normalized spacial score (nSPS) is 11.4. The molecule has 0 radical (unpaired) electrons. The highest BCUT2D eigenvalue weighted by atomic mass is 32.2. The zero-order chi connectivity index (χ0) is 23.4. The summed E-state index contributed by atoms with van der Waals surface area (Å²) in [5.41, 5.74) is -0.553. The van der Waals surface area contributed by atoms with Crippen molar-refractivity contribution in [2.24, 2.45) is 0 Å². The van der Waals surface area contributed by atoms with E-state index in [0.29, 0.717) is 10.1 Å². The van der Waals surface area contributed by atoms with Crippen LogP contribution in [0.2, 0.25) is 0 Å². The van der Waals surface area contributed by atoms with Crippen LogP contribution in [0, 0.1) is 0 Å². The van der Waals surface area contributed by atoms with E-state index in [1.165, 1.54) is 24.5 Å². The highest BCUT2D eigenvalue weighted by Gasteiger charge is 2.30. The van der Waals surface area contributed by atoms with Crippen LogP contribution in [0.15, 0.2) is 62.0 Å². The molecule has 0 atom stereocenters. The molecule has 170 valence electrons. The van der Waals surface area contributed by atoms with Gasteiger partial charge in [0.15, 0.2) is 15.8 Å². The van der Waals surface area contributed by atoms with Gasteiger partial charge in [0.1, 0.15) is 0 Å². The molecule has 1 aromatic carbocycles. The van der Waals surface area contributed by atoms with Crippen LogP contribution in [0.3, 0.4) is 0 Å². The van der Waals surface area contributed by atoms with Gasteiger partial charge in [-0.25, -0.2) is 0 Å². The number of benzene rings is 1. The van der Waals surface area contributed by atoms with Gasteiger partial charge in [-0.15, -0.1) is 10.2 Å². The minimum absolute atomic E-state index is 0.0155. The largest absolute Gasteiger partial charge is 0.461 e. The number of hydrogen-bond acceptors (Lipinski definition) is 9. The van der Waals surface area contributed by atoms with Crippen molar-refractivity contribution in [3.63, 3.8) is 0 Å². The molecule has 0 fully saturated rings. The maximum absolute atomic E-state index is 12.6. The lowest BCUT2D eigenvalue weighted by molar-refractivity contribution is -0.137. The van der Waals surface area contributed by atoms with E-state index in [4.69, 9.17) is 8.94 Å². The Hall–Kier alpha value is -3.65. The van der Waals surface area contributed by atoms with Crippen LogP contribution in [0.25, 0.3) is 11.5 Å². The second kappa shape index (κ2) is 9.46. The summed E-state index contributed by atoms with van der Waals surface area (Å²) in [6.07, 6.45) is -2.99. The number of halogens is 3. The van der Waals surface area contributed by atoms with Crippen LogP contribution in [0.5, 0.6) is 0 Å². The highest BCUT2D eigenvalue weighted by molar-refractivity contribution is 8.01. The number of alkyl halides is 3. The molecule has 0 saturated carbocycles. The number of amides is 2. The van der Waals surface area contributed by atoms with E-state index >= 15 is 0 Å². The molecule has 0 spiro atoms. The number of carbonyl (C=O) groups excluding carboxylic acids is 2. The van der Waals surface area contributed by atoms with E-state index in [9.17, 15) is 22.8 Å². The molecule has 0 aliphatic carbocycles. The maximum Gasteiger partial charge on any atom is 0.416 e. The van der Waals surface area contributed by atoms with Gasteiger partial charge < -0.3 is 14.3 Å². The van der Waals surface area contributed by atoms with Crippen LogP contribution >= 0.6 is 23.1 Å². The van der Waals surface area contributed by atoms with E-state index < -0.39 is 23.6 Å². The first-order valence-corrected chi connectivity index (χ1v) is 10.8. The molecule has 9 nitrogen and oxygen atoms in total. The van der Waals surface area contributed by atoms with Gasteiger partial charge in [-0.3, -0.25) is 14.9 Å². The fourth-order valence-electron chi connectivity index (χ4n) is 2.46. The van der Waals surface area contributed by atoms with Crippen molar-refractivity contribution in [2.75, 3.05) is 16.4 Å². The Labute approximate surface area is 191 Å². The average molecular weight is 495 g/mol. The third-order valence-electron chi connectivity index (χ3n) is 3.96. The van der Waals surface area contributed by atoms with Crippen molar-refractivity contribution >= 4 is 45.7 Å². The lowest BCUT2D eigenvalue weighted by Crippen LogP contribution is -2.14. The number of carbonyl (C=O) groups is 2. The van der Waals surface area contributed by atoms with Gasteiger partial charge in [-0.1, -0.05) is 28.3 Å². The van der Waals surface area contributed by atoms with Gasteiger partial charge in [0, 0.05) is 11.8 Å². The minimum atomic E-state index is -4.45. The van der Waals surface area contributed by atoms with E-state index in [1.54, 1.807) is 12.1 Å². The molecule has 3 heterocycles. The van der Waals surface area contributed by atoms with Crippen molar-refractivity contribution in [2.45, 2.75) is 10.5 Å². The molecule has 33 heavy (non-hydrogen) atoms. The predicted octanol–water partition coefficient (Wildman–Crippen LogP) is 4.79. The zero-order valence-electron chi connectivity index (χ0n) is 16.3. The average Bonchev–Trinajstić information content (AvgIpc) is 3.53. The lowest BCUT2D eigenvalue weighted by Gasteiger charge is -2.08. The molecule has 0 aliphatic heterocycles. The van der Waals surface area contributed by atoms with Gasteiger partial charge in [0.25, 0.3) is 5.91 Å². The first-order chi connectivity index (χ1) is 15.8. The second-order valence-electron chi connectivity index (χ2n) is 6.29. The summed E-state index contributed by atoms with van der Waals surface area (Å²) in [6, 6.07) is 8.85. The summed E-state index contributed by atoms with van der Waals surface area (Å²) in [4.78, 5) is 24.3. The smallest absolute Gasteiger partial charge is 0.416 e. The Bertz CT molecular complexity index is 1250. The van der Waals surface area contributed by atoms with Crippen LogP contribution in [0.4, 0.5) is 24.0 Å². The molecular weight excluding hydrogens is 483 g/mol. The van der Waals surface area contributed by atoms with Crippen molar-refractivity contribution in [1.82, 2.24) is 15.4 Å². The molecule has 3 aromatic heterocycles. The monoisotopic (exact) mass is 495 g/mol. The number of anilines is 2. The molecule has 2 N–H and O–H groups in total. The van der Waals surface area contributed by atoms with E-state index in [0.717, 1.165) is 35.2 Å². The summed E-state index contributed by atoms with van der Waals surface area (Å²) < 4.78 is 48.4. The van der Waals surface area contributed by atoms with Gasteiger partial charge in [-0.05, 0) is 36.4 Å². The van der Waals surface area contributed by atoms with Crippen molar-refractivity contribution in [3.05, 3.63) is 60.0 Å². The quantitative estimate of drug-likeness (QED) is 0.277. The number of nitrogens with one attached hydrogen (secondary N) is 2. The van der Waals surface area contributed by atoms with Gasteiger partial charge in [-0.2, -0.15) is 13.2 Å². The Kier molecular flexibility index (Phi) is 6.46. The molecule has 0 bridgehead atoms. The number of rotatable bonds is 7. The number of furan rings is 1. The highest BCUT2D eigenvalue weighted by Crippen LogP contribution is 2.30. The first kappa shape index (κ1) is 22.5. The predicted molar refractivity (Wildman–Crippen MR) is 113 cm³/mol. The molecule has 0 aliphatic rings. The van der Waals surface area contributed by atoms with Gasteiger partial charge >= 0.3 is 6.18 Å². The summed E-state index contributed by atoms with van der Waals surface area (Å²) in [5, 5.41) is 16.6. The standard InChI is InChI=1S/C19H12F3N5O4S2/c20-19(21,22)10-3-5-11(6-4-10)23-15(28)9-32-18-26-25-17(33-18)24-16(29)12-8-14(31-27-12)13-2-1-7-30-13/h1-8H,9H2,(H,23,28)(H,24,25,29). The molecule has 0 saturated heterocycles. The fourth-order valence-corrected chi connectivity index (χ4v) is 4.01. The number of thioether (sulfide) groups is 1. The number of nitrogens with zero attached hydrogens (tertiary/aromatic N) is 3.